The smallest absolute Gasteiger partial charge is 0.296 e. The van der Waals surface area contributed by atoms with E-state index in [9.17, 15) is 22.4 Å². The Morgan fingerprint density at radius 3 is 2.37 bits per heavy atom. The Bertz CT molecular complexity index is 608. The summed E-state index contributed by atoms with van der Waals surface area (Å²) in [7, 11) is 0. The van der Waals surface area contributed by atoms with E-state index < -0.39 is 17.7 Å². The standard InChI is InChI=1S/C12H6F4N2O/c13-9-3-2-8(6-19)18-11(9)7-1-4-10(17-5-7)12(14,15)16/h1-6H. The van der Waals surface area contributed by atoms with Gasteiger partial charge in [0.05, 0.1) is 0 Å². The number of hydrogen-bond donors (Lipinski definition) is 0. The van der Waals surface area contributed by atoms with E-state index in [4.69, 9.17) is 0 Å². The molecule has 2 aromatic rings. The van der Waals surface area contributed by atoms with E-state index in [0.717, 1.165) is 24.4 Å². The molecule has 0 aliphatic heterocycles. The molecule has 0 saturated heterocycles. The van der Waals surface area contributed by atoms with E-state index in [-0.39, 0.29) is 17.0 Å². The first-order chi connectivity index (χ1) is 8.91. The van der Waals surface area contributed by atoms with Crippen molar-refractivity contribution in [2.75, 3.05) is 0 Å². The molecule has 0 bridgehead atoms. The van der Waals surface area contributed by atoms with Crippen LogP contribution in [0.2, 0.25) is 0 Å². The largest absolute Gasteiger partial charge is 0.433 e. The minimum Gasteiger partial charge on any atom is -0.296 e. The highest BCUT2D eigenvalue weighted by Crippen LogP contribution is 2.29. The molecular formula is C12H6F4N2O. The fourth-order valence-electron chi connectivity index (χ4n) is 1.43. The van der Waals surface area contributed by atoms with Crippen LogP contribution in [0.1, 0.15) is 16.2 Å². The highest BCUT2D eigenvalue weighted by molar-refractivity contribution is 5.73. The Kier molecular flexibility index (Phi) is 3.28. The summed E-state index contributed by atoms with van der Waals surface area (Å²) in [4.78, 5) is 17.4. The Morgan fingerprint density at radius 2 is 1.84 bits per heavy atom. The average molecular weight is 270 g/mol. The molecule has 0 unspecified atom stereocenters. The Morgan fingerprint density at radius 1 is 1.11 bits per heavy atom. The van der Waals surface area contributed by atoms with Crippen molar-refractivity contribution >= 4 is 6.29 Å². The number of nitrogens with zero attached hydrogens (tertiary/aromatic N) is 2. The molecule has 19 heavy (non-hydrogen) atoms. The van der Waals surface area contributed by atoms with Crippen molar-refractivity contribution in [2.24, 2.45) is 0 Å². The second-order valence-electron chi connectivity index (χ2n) is 3.61. The Balaban J connectivity index is 2.45. The monoisotopic (exact) mass is 270 g/mol. The maximum atomic E-state index is 13.5. The summed E-state index contributed by atoms with van der Waals surface area (Å²) < 4.78 is 50.5. The quantitative estimate of drug-likeness (QED) is 0.622. The minimum absolute atomic E-state index is 0.0173. The number of alkyl halides is 3. The number of rotatable bonds is 2. The summed E-state index contributed by atoms with van der Waals surface area (Å²) in [5, 5.41) is 0. The lowest BCUT2D eigenvalue weighted by atomic mass is 10.1. The number of aldehydes is 1. The number of hydrogen-bond acceptors (Lipinski definition) is 3. The van der Waals surface area contributed by atoms with Crippen molar-refractivity contribution in [2.45, 2.75) is 6.18 Å². The zero-order chi connectivity index (χ0) is 14.0. The van der Waals surface area contributed by atoms with Gasteiger partial charge in [-0.15, -0.1) is 0 Å². The summed E-state index contributed by atoms with van der Waals surface area (Å²) in [5.41, 5.74) is -1.25. The van der Waals surface area contributed by atoms with Gasteiger partial charge in [-0.3, -0.25) is 9.78 Å². The number of aromatic nitrogens is 2. The lowest BCUT2D eigenvalue weighted by Crippen LogP contribution is -2.07. The Hall–Kier alpha value is -2.31. The van der Waals surface area contributed by atoms with Crippen LogP contribution >= 0.6 is 0 Å². The highest BCUT2D eigenvalue weighted by Gasteiger charge is 2.32. The lowest BCUT2D eigenvalue weighted by Gasteiger charge is -2.07. The summed E-state index contributed by atoms with van der Waals surface area (Å²) in [6.07, 6.45) is -3.28. The topological polar surface area (TPSA) is 42.9 Å². The van der Waals surface area contributed by atoms with Gasteiger partial charge in [-0.05, 0) is 24.3 Å². The molecule has 7 heteroatoms. The molecule has 98 valence electrons. The predicted molar refractivity (Wildman–Crippen MR) is 57.8 cm³/mol. The molecule has 0 N–H and O–H groups in total. The molecule has 0 fully saturated rings. The van der Waals surface area contributed by atoms with E-state index in [1.807, 2.05) is 0 Å². The van der Waals surface area contributed by atoms with E-state index in [1.54, 1.807) is 0 Å². The average Bonchev–Trinajstić information content (AvgIpc) is 2.38. The lowest BCUT2D eigenvalue weighted by molar-refractivity contribution is -0.141. The predicted octanol–water partition coefficient (Wildman–Crippen LogP) is 3.11. The molecule has 0 amide bonds. The van der Waals surface area contributed by atoms with Crippen LogP contribution in [-0.4, -0.2) is 16.3 Å². The van der Waals surface area contributed by atoms with Crippen LogP contribution in [-0.2, 0) is 6.18 Å². The first kappa shape index (κ1) is 13.1. The molecule has 0 radical (unpaired) electrons. The van der Waals surface area contributed by atoms with Crippen LogP contribution in [0.4, 0.5) is 17.6 Å². The molecule has 3 nitrogen and oxygen atoms in total. The van der Waals surface area contributed by atoms with Gasteiger partial charge in [-0.25, -0.2) is 9.37 Å². The SMILES string of the molecule is O=Cc1ccc(F)c(-c2ccc(C(F)(F)F)nc2)n1. The molecule has 0 aliphatic carbocycles. The second-order valence-corrected chi connectivity index (χ2v) is 3.61. The second kappa shape index (κ2) is 4.75. The normalized spacial score (nSPS) is 11.4. The van der Waals surface area contributed by atoms with E-state index in [0.29, 0.717) is 6.29 Å². The van der Waals surface area contributed by atoms with Crippen molar-refractivity contribution in [3.05, 3.63) is 47.7 Å². The third-order valence-electron chi connectivity index (χ3n) is 2.32. The minimum atomic E-state index is -4.56. The maximum absolute atomic E-state index is 13.5. The molecule has 0 saturated carbocycles. The van der Waals surface area contributed by atoms with Crippen LogP contribution in [0, 0.1) is 5.82 Å². The van der Waals surface area contributed by atoms with Crippen LogP contribution in [0.3, 0.4) is 0 Å². The van der Waals surface area contributed by atoms with Crippen LogP contribution in [0.15, 0.2) is 30.5 Å². The molecule has 2 heterocycles. The summed E-state index contributed by atoms with van der Waals surface area (Å²) in [6, 6.07) is 3.97. The zero-order valence-corrected chi connectivity index (χ0v) is 9.28. The van der Waals surface area contributed by atoms with Gasteiger partial charge in [0.1, 0.15) is 22.9 Å². The molecule has 0 aliphatic rings. The summed E-state index contributed by atoms with van der Waals surface area (Å²) >= 11 is 0. The van der Waals surface area contributed by atoms with Gasteiger partial charge in [0, 0.05) is 11.8 Å². The van der Waals surface area contributed by atoms with Crippen molar-refractivity contribution in [3.63, 3.8) is 0 Å². The number of carbonyl (C=O) groups excluding carboxylic acids is 1. The van der Waals surface area contributed by atoms with E-state index in [1.165, 1.54) is 6.07 Å². The fraction of sp³-hybridized carbons (Fsp3) is 0.0833. The Labute approximate surface area is 104 Å². The van der Waals surface area contributed by atoms with Gasteiger partial charge in [0.2, 0.25) is 0 Å². The third-order valence-corrected chi connectivity index (χ3v) is 2.32. The van der Waals surface area contributed by atoms with Gasteiger partial charge in [0.25, 0.3) is 0 Å². The van der Waals surface area contributed by atoms with Crippen LogP contribution in [0.5, 0.6) is 0 Å². The van der Waals surface area contributed by atoms with Gasteiger partial charge in [-0.1, -0.05) is 0 Å². The number of halogens is 4. The first-order valence-corrected chi connectivity index (χ1v) is 5.07. The summed E-state index contributed by atoms with van der Waals surface area (Å²) in [5.74, 6) is -0.743. The maximum Gasteiger partial charge on any atom is 0.433 e. The fourth-order valence-corrected chi connectivity index (χ4v) is 1.43. The van der Waals surface area contributed by atoms with E-state index >= 15 is 0 Å². The van der Waals surface area contributed by atoms with Crippen LogP contribution in [0.25, 0.3) is 11.3 Å². The first-order valence-electron chi connectivity index (χ1n) is 5.07. The van der Waals surface area contributed by atoms with Crippen molar-refractivity contribution in [1.29, 1.82) is 0 Å². The number of carbonyl (C=O) groups is 1. The number of pyridine rings is 2. The van der Waals surface area contributed by atoms with E-state index in [2.05, 4.69) is 9.97 Å². The van der Waals surface area contributed by atoms with Crippen molar-refractivity contribution in [1.82, 2.24) is 9.97 Å². The van der Waals surface area contributed by atoms with Crippen molar-refractivity contribution < 1.29 is 22.4 Å². The molecule has 2 aromatic heterocycles. The van der Waals surface area contributed by atoms with Gasteiger partial charge >= 0.3 is 6.18 Å². The van der Waals surface area contributed by atoms with Gasteiger partial charge in [0.15, 0.2) is 6.29 Å². The molecule has 0 atom stereocenters. The van der Waals surface area contributed by atoms with Crippen molar-refractivity contribution in [3.8, 4) is 11.3 Å². The zero-order valence-electron chi connectivity index (χ0n) is 9.28. The van der Waals surface area contributed by atoms with Gasteiger partial charge in [-0.2, -0.15) is 13.2 Å². The molecule has 2 rings (SSSR count). The molecule has 0 spiro atoms. The highest BCUT2D eigenvalue weighted by atomic mass is 19.4. The third kappa shape index (κ3) is 2.75. The van der Waals surface area contributed by atoms with Gasteiger partial charge < -0.3 is 0 Å². The summed E-state index contributed by atoms with van der Waals surface area (Å²) in [6.45, 7) is 0. The molecule has 0 aromatic carbocycles. The van der Waals surface area contributed by atoms with Crippen LogP contribution < -0.4 is 0 Å². The molecular weight excluding hydrogens is 264 g/mol.